The third-order valence-electron chi connectivity index (χ3n) is 5.42. The smallest absolute Gasteiger partial charge is 0.0809 e. The van der Waals surface area contributed by atoms with E-state index in [1.54, 1.807) is 0 Å². The SMILES string of the molecule is CC(C)c1ccc(CCCCc2ccc(C(O)CC(N)(CO)CO)cc2)cc1. The zero-order valence-corrected chi connectivity index (χ0v) is 17.1. The number of aryl methyl sites for hydroxylation is 2. The molecule has 2 rings (SSSR count). The number of hydrogen-bond acceptors (Lipinski definition) is 4. The van der Waals surface area contributed by atoms with E-state index >= 15 is 0 Å². The van der Waals surface area contributed by atoms with Crippen molar-refractivity contribution in [3.05, 3.63) is 70.8 Å². The fourth-order valence-electron chi connectivity index (χ4n) is 3.32. The lowest BCUT2D eigenvalue weighted by molar-refractivity contribution is 0.0618. The first-order valence-electron chi connectivity index (χ1n) is 10.2. The molecule has 0 saturated carbocycles. The van der Waals surface area contributed by atoms with Gasteiger partial charge in [0.1, 0.15) is 0 Å². The highest BCUT2D eigenvalue weighted by Gasteiger charge is 2.27. The number of hydrogen-bond donors (Lipinski definition) is 4. The summed E-state index contributed by atoms with van der Waals surface area (Å²) in [6.45, 7) is 3.70. The lowest BCUT2D eigenvalue weighted by Crippen LogP contribution is -2.48. The molecule has 0 fully saturated rings. The van der Waals surface area contributed by atoms with Gasteiger partial charge < -0.3 is 21.1 Å². The number of aliphatic hydroxyl groups excluding tert-OH is 3. The van der Waals surface area contributed by atoms with Crippen LogP contribution in [-0.4, -0.2) is 34.1 Å². The highest BCUT2D eigenvalue weighted by atomic mass is 16.3. The van der Waals surface area contributed by atoms with Gasteiger partial charge in [-0.3, -0.25) is 0 Å². The fraction of sp³-hybridized carbons (Fsp3) is 0.500. The Morgan fingerprint density at radius 2 is 1.21 bits per heavy atom. The second-order valence-corrected chi connectivity index (χ2v) is 8.24. The van der Waals surface area contributed by atoms with E-state index in [1.807, 2.05) is 24.3 Å². The number of rotatable bonds is 11. The molecule has 2 aromatic rings. The summed E-state index contributed by atoms with van der Waals surface area (Å²) in [4.78, 5) is 0. The predicted molar refractivity (Wildman–Crippen MR) is 114 cm³/mol. The van der Waals surface area contributed by atoms with E-state index < -0.39 is 11.6 Å². The summed E-state index contributed by atoms with van der Waals surface area (Å²) < 4.78 is 0. The van der Waals surface area contributed by atoms with Crippen molar-refractivity contribution in [2.24, 2.45) is 5.73 Å². The Hall–Kier alpha value is -1.72. The van der Waals surface area contributed by atoms with Crippen molar-refractivity contribution in [3.8, 4) is 0 Å². The van der Waals surface area contributed by atoms with Crippen LogP contribution in [0.25, 0.3) is 0 Å². The molecule has 0 amide bonds. The van der Waals surface area contributed by atoms with Crippen LogP contribution in [0.1, 0.15) is 67.4 Å². The molecule has 0 aliphatic heterocycles. The molecule has 5 N–H and O–H groups in total. The van der Waals surface area contributed by atoms with Crippen molar-refractivity contribution in [2.45, 2.75) is 63.5 Å². The van der Waals surface area contributed by atoms with Crippen LogP contribution in [0.5, 0.6) is 0 Å². The van der Waals surface area contributed by atoms with Crippen LogP contribution in [0.15, 0.2) is 48.5 Å². The van der Waals surface area contributed by atoms with E-state index in [2.05, 4.69) is 38.1 Å². The van der Waals surface area contributed by atoms with Gasteiger partial charge in [-0.2, -0.15) is 0 Å². The van der Waals surface area contributed by atoms with Gasteiger partial charge in [0.15, 0.2) is 0 Å². The van der Waals surface area contributed by atoms with Gasteiger partial charge in [-0.25, -0.2) is 0 Å². The first-order chi connectivity index (χ1) is 13.4. The molecule has 0 aromatic heterocycles. The molecule has 2 aromatic carbocycles. The summed E-state index contributed by atoms with van der Waals surface area (Å²) >= 11 is 0. The highest BCUT2D eigenvalue weighted by Crippen LogP contribution is 2.23. The Labute approximate surface area is 169 Å². The molecule has 0 aliphatic rings. The number of nitrogens with two attached hydrogens (primary N) is 1. The maximum Gasteiger partial charge on any atom is 0.0809 e. The van der Waals surface area contributed by atoms with E-state index in [-0.39, 0.29) is 19.6 Å². The summed E-state index contributed by atoms with van der Waals surface area (Å²) in [5.41, 5.74) is 9.47. The number of benzene rings is 2. The predicted octanol–water partition coefficient (Wildman–Crippen LogP) is 3.48. The summed E-state index contributed by atoms with van der Waals surface area (Å²) in [6.07, 6.45) is 3.69. The first-order valence-corrected chi connectivity index (χ1v) is 10.2. The summed E-state index contributed by atoms with van der Waals surface area (Å²) in [7, 11) is 0. The van der Waals surface area contributed by atoms with E-state index in [0.29, 0.717) is 5.92 Å². The molecule has 0 aliphatic carbocycles. The third kappa shape index (κ3) is 6.71. The van der Waals surface area contributed by atoms with Crippen LogP contribution in [0.2, 0.25) is 0 Å². The molecule has 1 unspecified atom stereocenters. The molecule has 0 spiro atoms. The summed E-state index contributed by atoms with van der Waals surface area (Å²) in [6, 6.07) is 16.8. The molecular formula is C24H35NO3. The van der Waals surface area contributed by atoms with Crippen LogP contribution in [0.4, 0.5) is 0 Å². The highest BCUT2D eigenvalue weighted by molar-refractivity contribution is 5.26. The first kappa shape index (κ1) is 22.6. The van der Waals surface area contributed by atoms with Crippen molar-refractivity contribution in [1.82, 2.24) is 0 Å². The van der Waals surface area contributed by atoms with Crippen LogP contribution >= 0.6 is 0 Å². The van der Waals surface area contributed by atoms with Crippen LogP contribution in [0.3, 0.4) is 0 Å². The normalized spacial score (nSPS) is 13.1. The van der Waals surface area contributed by atoms with Gasteiger partial charge in [-0.15, -0.1) is 0 Å². The molecular weight excluding hydrogens is 350 g/mol. The summed E-state index contributed by atoms with van der Waals surface area (Å²) in [5.74, 6) is 0.573. The fourth-order valence-corrected chi connectivity index (χ4v) is 3.32. The third-order valence-corrected chi connectivity index (χ3v) is 5.42. The van der Waals surface area contributed by atoms with Gasteiger partial charge >= 0.3 is 0 Å². The minimum atomic E-state index is -1.16. The van der Waals surface area contributed by atoms with Crippen LogP contribution in [0, 0.1) is 0 Å². The Bertz CT molecular complexity index is 691. The largest absolute Gasteiger partial charge is 0.394 e. The molecule has 28 heavy (non-hydrogen) atoms. The zero-order chi connectivity index (χ0) is 20.6. The minimum absolute atomic E-state index is 0.120. The van der Waals surface area contributed by atoms with E-state index in [0.717, 1.165) is 31.2 Å². The molecule has 0 bridgehead atoms. The van der Waals surface area contributed by atoms with Gasteiger partial charge in [0.2, 0.25) is 0 Å². The molecule has 154 valence electrons. The molecule has 4 heteroatoms. The molecule has 0 heterocycles. The lowest BCUT2D eigenvalue weighted by atomic mass is 9.91. The second-order valence-electron chi connectivity index (χ2n) is 8.24. The van der Waals surface area contributed by atoms with Crippen molar-refractivity contribution in [3.63, 3.8) is 0 Å². The van der Waals surface area contributed by atoms with Crippen LogP contribution < -0.4 is 5.73 Å². The van der Waals surface area contributed by atoms with Gasteiger partial charge in [0, 0.05) is 0 Å². The maximum atomic E-state index is 10.3. The Morgan fingerprint density at radius 3 is 1.61 bits per heavy atom. The quantitative estimate of drug-likeness (QED) is 0.446. The van der Waals surface area contributed by atoms with Crippen molar-refractivity contribution >= 4 is 0 Å². The lowest BCUT2D eigenvalue weighted by Gasteiger charge is -2.27. The molecule has 0 saturated heterocycles. The topological polar surface area (TPSA) is 86.7 Å². The Morgan fingerprint density at radius 1 is 0.786 bits per heavy atom. The van der Waals surface area contributed by atoms with Gasteiger partial charge in [-0.1, -0.05) is 62.4 Å². The molecule has 1 atom stereocenters. The van der Waals surface area contributed by atoms with Gasteiger partial charge in [-0.05, 0) is 60.3 Å². The standard InChI is InChI=1S/C24H35NO3/c1-18(2)21-11-7-19(8-12-21)5-3-4-6-20-9-13-22(14-10-20)23(28)15-24(25,16-26)17-27/h7-14,18,23,26-28H,3-6,15-17,25H2,1-2H3. The maximum absolute atomic E-state index is 10.3. The van der Waals surface area contributed by atoms with Crippen LogP contribution in [-0.2, 0) is 12.8 Å². The Balaban J connectivity index is 1.78. The number of aliphatic hydroxyl groups is 3. The van der Waals surface area contributed by atoms with Crippen molar-refractivity contribution < 1.29 is 15.3 Å². The minimum Gasteiger partial charge on any atom is -0.394 e. The van der Waals surface area contributed by atoms with E-state index in [9.17, 15) is 15.3 Å². The number of unbranched alkanes of at least 4 members (excludes halogenated alkanes) is 1. The van der Waals surface area contributed by atoms with E-state index in [4.69, 9.17) is 5.73 Å². The monoisotopic (exact) mass is 385 g/mol. The van der Waals surface area contributed by atoms with E-state index in [1.165, 1.54) is 16.7 Å². The Kier molecular flexibility index (Phi) is 8.64. The average molecular weight is 386 g/mol. The zero-order valence-electron chi connectivity index (χ0n) is 17.1. The molecule has 4 nitrogen and oxygen atoms in total. The van der Waals surface area contributed by atoms with Gasteiger partial charge in [0.25, 0.3) is 0 Å². The summed E-state index contributed by atoms with van der Waals surface area (Å²) in [5, 5.41) is 28.8. The second kappa shape index (κ2) is 10.7. The molecule has 0 radical (unpaired) electrons. The van der Waals surface area contributed by atoms with Crippen molar-refractivity contribution in [2.75, 3.05) is 13.2 Å². The van der Waals surface area contributed by atoms with Crippen molar-refractivity contribution in [1.29, 1.82) is 0 Å². The average Bonchev–Trinajstić information content (AvgIpc) is 2.71. The van der Waals surface area contributed by atoms with Gasteiger partial charge in [0.05, 0.1) is 24.9 Å².